The molecule has 0 radical (unpaired) electrons. The number of hydrogen-bond donors (Lipinski definition) is 3. The number of fused-ring (bicyclic) bond motifs is 2. The molecule has 3 heterocycles. The van der Waals surface area contributed by atoms with Gasteiger partial charge in [-0.2, -0.15) is 0 Å². The third-order valence-corrected chi connectivity index (χ3v) is 11.4. The molecular formula is C40H40N4O4S. The van der Waals surface area contributed by atoms with Gasteiger partial charge < -0.3 is 14.9 Å². The molecule has 250 valence electrons. The summed E-state index contributed by atoms with van der Waals surface area (Å²) < 4.78 is 0. The number of nitrogens with zero attached hydrogens (tertiary/aromatic N) is 3. The average Bonchev–Trinajstić information content (AvgIpc) is 3.36. The molecule has 2 unspecified atom stereocenters. The predicted octanol–water partition coefficient (Wildman–Crippen LogP) is 5.77. The number of nitrogens with one attached hydrogen (secondary N) is 1. The van der Waals surface area contributed by atoms with E-state index in [1.165, 1.54) is 32.8 Å². The van der Waals surface area contributed by atoms with E-state index in [-0.39, 0.29) is 24.2 Å². The molecule has 2 N–H and O–H groups in total. The van der Waals surface area contributed by atoms with E-state index in [4.69, 9.17) is 12.6 Å². The van der Waals surface area contributed by atoms with Gasteiger partial charge in [0.15, 0.2) is 0 Å². The van der Waals surface area contributed by atoms with Gasteiger partial charge >= 0.3 is 0 Å². The van der Waals surface area contributed by atoms with Crippen molar-refractivity contribution in [2.24, 2.45) is 0 Å². The molecule has 1 aliphatic carbocycles. The van der Waals surface area contributed by atoms with Gasteiger partial charge in [0.25, 0.3) is 5.91 Å². The molecule has 0 spiro atoms. The maximum Gasteiger partial charge on any atom is 0.256 e. The molecule has 8 nitrogen and oxygen atoms in total. The average molecular weight is 673 g/mol. The summed E-state index contributed by atoms with van der Waals surface area (Å²) in [7, 11) is 0. The first-order chi connectivity index (χ1) is 23.8. The van der Waals surface area contributed by atoms with Crippen molar-refractivity contribution in [3.63, 3.8) is 0 Å². The van der Waals surface area contributed by atoms with E-state index in [0.29, 0.717) is 23.7 Å². The van der Waals surface area contributed by atoms with Gasteiger partial charge in [0.2, 0.25) is 11.8 Å². The standard InChI is InChI=1S/C40H40N4O4S/c45-30-12-15-32-28(23-30)9-14-31(26-4-2-1-3-5-26)37(32)27-7-10-29(11-8-27)43-20-18-42(19-21-43)24-25-6-13-33-34(22-25)40(49)44(39(33)48)35-16-17-36(46)41-38(35)47/h1-8,10-13,15,22-23,31,35,37,40,45,49H,9,14,16-21,24H2,(H,41,46,47)/t31-,35?,37+,40?/m1/s1. The van der Waals surface area contributed by atoms with Gasteiger partial charge in [0.1, 0.15) is 17.2 Å². The van der Waals surface area contributed by atoms with Crippen LogP contribution in [-0.4, -0.2) is 64.8 Å². The van der Waals surface area contributed by atoms with Crippen molar-refractivity contribution in [3.8, 4) is 5.75 Å². The number of thiol groups is 1. The first kappa shape index (κ1) is 31.7. The lowest BCUT2D eigenvalue weighted by molar-refractivity contribution is -0.137. The Morgan fingerprint density at radius 1 is 0.776 bits per heavy atom. The maximum absolute atomic E-state index is 13.3. The third kappa shape index (κ3) is 5.99. The van der Waals surface area contributed by atoms with Crippen LogP contribution in [0.2, 0.25) is 0 Å². The number of rotatable bonds is 6. The van der Waals surface area contributed by atoms with Crippen LogP contribution in [0.4, 0.5) is 5.69 Å². The van der Waals surface area contributed by atoms with Gasteiger partial charge in [0.05, 0.1) is 0 Å². The summed E-state index contributed by atoms with van der Waals surface area (Å²) in [4.78, 5) is 43.8. The summed E-state index contributed by atoms with van der Waals surface area (Å²) >= 11 is 4.76. The first-order valence-corrected chi connectivity index (χ1v) is 17.8. The lowest BCUT2D eigenvalue weighted by atomic mass is 9.69. The van der Waals surface area contributed by atoms with Crippen LogP contribution < -0.4 is 10.2 Å². The van der Waals surface area contributed by atoms with E-state index in [1.54, 1.807) is 0 Å². The first-order valence-electron chi connectivity index (χ1n) is 17.3. The fourth-order valence-corrected chi connectivity index (χ4v) is 8.85. The quantitative estimate of drug-likeness (QED) is 0.178. The van der Waals surface area contributed by atoms with E-state index >= 15 is 0 Å². The van der Waals surface area contributed by atoms with Crippen LogP contribution in [0.3, 0.4) is 0 Å². The molecule has 0 aromatic heterocycles. The van der Waals surface area contributed by atoms with Crippen molar-refractivity contribution in [1.29, 1.82) is 0 Å². The molecule has 4 aromatic rings. The van der Waals surface area contributed by atoms with Crippen molar-refractivity contribution in [3.05, 3.63) is 130 Å². The highest BCUT2D eigenvalue weighted by Gasteiger charge is 2.43. The summed E-state index contributed by atoms with van der Waals surface area (Å²) in [5.41, 5.74) is 8.95. The molecular weight excluding hydrogens is 633 g/mol. The number of phenols is 1. The number of anilines is 1. The molecule has 0 bridgehead atoms. The third-order valence-electron chi connectivity index (χ3n) is 10.9. The van der Waals surface area contributed by atoms with Gasteiger partial charge in [-0.25, -0.2) is 0 Å². The molecule has 3 amide bonds. The van der Waals surface area contributed by atoms with Crippen molar-refractivity contribution in [2.75, 3.05) is 31.1 Å². The molecule has 0 saturated carbocycles. The SMILES string of the molecule is O=C1CCC(N2C(=O)c3ccc(CN4CCN(c5ccc([C@@H]6c7ccc(O)cc7CC[C@@H]6c6ccccc6)cc5)CC4)cc3C2S)C(=O)N1. The van der Waals surface area contributed by atoms with E-state index in [0.717, 1.165) is 56.7 Å². The Morgan fingerprint density at radius 2 is 1.55 bits per heavy atom. The summed E-state index contributed by atoms with van der Waals surface area (Å²) in [5, 5.41) is 12.0. The molecule has 4 aliphatic rings. The second kappa shape index (κ2) is 13.0. The van der Waals surface area contributed by atoms with Crippen molar-refractivity contribution in [2.45, 2.75) is 55.5 Å². The summed E-state index contributed by atoms with van der Waals surface area (Å²) in [5.74, 6) is 0.000215. The number of aryl methyl sites for hydroxylation is 1. The molecule has 4 aromatic carbocycles. The van der Waals surface area contributed by atoms with Crippen molar-refractivity contribution in [1.82, 2.24) is 15.1 Å². The molecule has 8 rings (SSSR count). The van der Waals surface area contributed by atoms with E-state index < -0.39 is 17.3 Å². The van der Waals surface area contributed by atoms with Crippen LogP contribution in [0.25, 0.3) is 0 Å². The Hall–Kier alpha value is -4.60. The number of imide groups is 1. The zero-order chi connectivity index (χ0) is 33.6. The number of carbonyl (C=O) groups excluding carboxylic acids is 3. The molecule has 49 heavy (non-hydrogen) atoms. The Labute approximate surface area is 292 Å². The second-order valence-corrected chi connectivity index (χ2v) is 14.2. The zero-order valence-corrected chi connectivity index (χ0v) is 28.2. The van der Waals surface area contributed by atoms with Gasteiger partial charge in [-0.3, -0.25) is 24.6 Å². The maximum atomic E-state index is 13.3. The van der Waals surface area contributed by atoms with E-state index in [9.17, 15) is 19.5 Å². The minimum Gasteiger partial charge on any atom is -0.508 e. The van der Waals surface area contributed by atoms with Crippen LogP contribution >= 0.6 is 12.6 Å². The number of aromatic hydroxyl groups is 1. The number of piperidine rings is 1. The van der Waals surface area contributed by atoms with Crippen LogP contribution in [0.15, 0.2) is 91.0 Å². The topological polar surface area (TPSA) is 93.2 Å². The Morgan fingerprint density at radius 3 is 2.31 bits per heavy atom. The number of carbonyl (C=O) groups is 3. The van der Waals surface area contributed by atoms with Crippen LogP contribution in [0.1, 0.15) is 80.2 Å². The highest BCUT2D eigenvalue weighted by atomic mass is 32.1. The monoisotopic (exact) mass is 672 g/mol. The fraction of sp³-hybridized carbons (Fsp3) is 0.325. The van der Waals surface area contributed by atoms with Crippen LogP contribution in [0.5, 0.6) is 5.75 Å². The number of amides is 3. The lowest BCUT2D eigenvalue weighted by Gasteiger charge is -2.37. The largest absolute Gasteiger partial charge is 0.508 e. The molecule has 2 saturated heterocycles. The number of benzene rings is 4. The molecule has 3 aliphatic heterocycles. The Bertz CT molecular complexity index is 1910. The van der Waals surface area contributed by atoms with E-state index in [2.05, 4.69) is 81.8 Å². The van der Waals surface area contributed by atoms with Crippen LogP contribution in [0, 0.1) is 0 Å². The van der Waals surface area contributed by atoms with Gasteiger partial charge in [-0.15, -0.1) is 12.6 Å². The predicted molar refractivity (Wildman–Crippen MR) is 192 cm³/mol. The summed E-state index contributed by atoms with van der Waals surface area (Å²) in [6.45, 7) is 4.43. The van der Waals surface area contributed by atoms with Crippen LogP contribution in [-0.2, 0) is 22.6 Å². The van der Waals surface area contributed by atoms with Crippen molar-refractivity contribution < 1.29 is 19.5 Å². The number of phenolic OH excluding ortho intramolecular Hbond substituents is 1. The van der Waals surface area contributed by atoms with E-state index in [1.807, 2.05) is 24.3 Å². The van der Waals surface area contributed by atoms with Gasteiger partial charge in [-0.1, -0.05) is 60.7 Å². The number of hydrogen-bond acceptors (Lipinski definition) is 7. The normalized spacial score (nSPS) is 24.1. The highest BCUT2D eigenvalue weighted by Crippen LogP contribution is 2.47. The minimum atomic E-state index is -0.691. The highest BCUT2D eigenvalue weighted by molar-refractivity contribution is 7.80. The number of piperazine rings is 1. The lowest BCUT2D eigenvalue weighted by Crippen LogP contribution is -2.53. The Kier molecular flexibility index (Phi) is 8.41. The van der Waals surface area contributed by atoms with Crippen molar-refractivity contribution >= 4 is 36.0 Å². The molecule has 4 atom stereocenters. The van der Waals surface area contributed by atoms with Gasteiger partial charge in [0, 0.05) is 56.3 Å². The summed E-state index contributed by atoms with van der Waals surface area (Å²) in [6, 6.07) is 31.0. The second-order valence-electron chi connectivity index (χ2n) is 13.7. The summed E-state index contributed by atoms with van der Waals surface area (Å²) in [6.07, 6.45) is 2.54. The fourth-order valence-electron chi connectivity index (χ4n) is 8.37. The minimum absolute atomic E-state index is 0.210. The Balaban J connectivity index is 0.930. The zero-order valence-electron chi connectivity index (χ0n) is 27.3. The molecule has 2 fully saturated rings. The smallest absolute Gasteiger partial charge is 0.256 e. The molecule has 9 heteroatoms. The van der Waals surface area contributed by atoms with Gasteiger partial charge in [-0.05, 0) is 88.9 Å².